The molecule has 0 unspecified atom stereocenters. The Bertz CT molecular complexity index is 1130. The lowest BCUT2D eigenvalue weighted by molar-refractivity contribution is -0.119. The van der Waals surface area contributed by atoms with Gasteiger partial charge in [0.1, 0.15) is 11.4 Å². The molecule has 9 heteroatoms. The lowest BCUT2D eigenvalue weighted by atomic mass is 10.2. The molecule has 4 rings (SSSR count). The molecule has 1 N–H and O–H groups in total. The number of benzene rings is 1. The summed E-state index contributed by atoms with van der Waals surface area (Å²) in [6.07, 6.45) is 5.94. The van der Waals surface area contributed by atoms with Gasteiger partial charge < -0.3 is 14.5 Å². The molecule has 2 heterocycles. The Morgan fingerprint density at radius 3 is 2.83 bits per heavy atom. The van der Waals surface area contributed by atoms with E-state index in [9.17, 15) is 14.4 Å². The number of nitrogens with zero attached hydrogens (tertiary/aromatic N) is 2. The van der Waals surface area contributed by atoms with Gasteiger partial charge >= 0.3 is 5.97 Å². The topological polar surface area (TPSA) is 103 Å². The number of rotatable bonds is 5. The standard InChI is InChI=1S/C20H18ClN3O5/c21-12-5-6-16-14(9-12)15(25)10-17(29-16)20(27)28-11-19(26)23-18-7-8-22-24(18)13-3-1-2-4-13/h5-10,13H,1-4,11H2,(H,23,26). The van der Waals surface area contributed by atoms with Crippen LogP contribution in [0.3, 0.4) is 0 Å². The molecule has 0 radical (unpaired) electrons. The third-order valence-corrected chi connectivity index (χ3v) is 5.07. The Balaban J connectivity index is 1.40. The number of nitrogens with one attached hydrogen (secondary N) is 1. The number of anilines is 1. The molecule has 1 aromatic carbocycles. The van der Waals surface area contributed by atoms with E-state index in [1.807, 2.05) is 0 Å². The van der Waals surface area contributed by atoms with Gasteiger partial charge in [0.15, 0.2) is 12.0 Å². The van der Waals surface area contributed by atoms with Crippen LogP contribution in [0, 0.1) is 0 Å². The van der Waals surface area contributed by atoms with Crippen molar-refractivity contribution in [2.45, 2.75) is 31.7 Å². The quantitative estimate of drug-likeness (QED) is 0.639. The molecule has 150 valence electrons. The van der Waals surface area contributed by atoms with E-state index in [-0.39, 0.29) is 22.8 Å². The summed E-state index contributed by atoms with van der Waals surface area (Å²) in [6.45, 7) is -0.517. The molecule has 0 atom stereocenters. The highest BCUT2D eigenvalue weighted by molar-refractivity contribution is 6.31. The SMILES string of the molecule is O=C(COC(=O)c1cc(=O)c2cc(Cl)ccc2o1)Nc1ccnn1C1CCCC1. The second kappa shape index (κ2) is 8.08. The number of hydrogen-bond donors (Lipinski definition) is 1. The highest BCUT2D eigenvalue weighted by Crippen LogP contribution is 2.31. The molecule has 29 heavy (non-hydrogen) atoms. The van der Waals surface area contributed by atoms with E-state index in [0.717, 1.165) is 31.7 Å². The third-order valence-electron chi connectivity index (χ3n) is 4.83. The molecule has 0 aliphatic heterocycles. The largest absolute Gasteiger partial charge is 0.450 e. The first-order chi connectivity index (χ1) is 14.0. The highest BCUT2D eigenvalue weighted by Gasteiger charge is 2.21. The fraction of sp³-hybridized carbons (Fsp3) is 0.300. The Kier molecular flexibility index (Phi) is 5.35. The second-order valence-electron chi connectivity index (χ2n) is 6.84. The van der Waals surface area contributed by atoms with Crippen LogP contribution in [0.5, 0.6) is 0 Å². The zero-order chi connectivity index (χ0) is 20.4. The summed E-state index contributed by atoms with van der Waals surface area (Å²) in [6, 6.07) is 7.48. The predicted octanol–water partition coefficient (Wildman–Crippen LogP) is 3.55. The van der Waals surface area contributed by atoms with Gasteiger partial charge in [-0.25, -0.2) is 9.48 Å². The number of halogens is 1. The van der Waals surface area contributed by atoms with E-state index >= 15 is 0 Å². The summed E-state index contributed by atoms with van der Waals surface area (Å²) >= 11 is 5.87. The van der Waals surface area contributed by atoms with Gasteiger partial charge in [-0.15, -0.1) is 0 Å². The van der Waals surface area contributed by atoms with E-state index in [1.54, 1.807) is 23.0 Å². The molecule has 1 saturated carbocycles. The summed E-state index contributed by atoms with van der Waals surface area (Å²) in [4.78, 5) is 36.6. The van der Waals surface area contributed by atoms with Crippen molar-refractivity contribution in [2.75, 3.05) is 11.9 Å². The summed E-state index contributed by atoms with van der Waals surface area (Å²) < 4.78 is 12.2. The smallest absolute Gasteiger partial charge is 0.374 e. The molecule has 3 aromatic rings. The van der Waals surface area contributed by atoms with Crippen molar-refractivity contribution >= 4 is 40.3 Å². The Hall–Kier alpha value is -3.13. The first-order valence-corrected chi connectivity index (χ1v) is 9.63. The molecule has 1 fully saturated rings. The van der Waals surface area contributed by atoms with Crippen LogP contribution in [0.1, 0.15) is 42.3 Å². The average molecular weight is 416 g/mol. The fourth-order valence-corrected chi connectivity index (χ4v) is 3.64. The molecule has 1 aliphatic rings. The molecule has 0 spiro atoms. The van der Waals surface area contributed by atoms with Crippen molar-refractivity contribution in [1.29, 1.82) is 0 Å². The molecule has 0 saturated heterocycles. The number of fused-ring (bicyclic) bond motifs is 1. The molecule has 2 aromatic heterocycles. The van der Waals surface area contributed by atoms with Crippen LogP contribution in [0.15, 0.2) is 45.7 Å². The first kappa shape index (κ1) is 19.2. The molecule has 1 aliphatic carbocycles. The number of hydrogen-bond acceptors (Lipinski definition) is 6. The zero-order valence-corrected chi connectivity index (χ0v) is 16.1. The maximum Gasteiger partial charge on any atom is 0.374 e. The molecule has 0 bridgehead atoms. The van der Waals surface area contributed by atoms with Gasteiger partial charge in [0.2, 0.25) is 5.76 Å². The van der Waals surface area contributed by atoms with Crippen LogP contribution in [0.2, 0.25) is 5.02 Å². The van der Waals surface area contributed by atoms with Gasteiger partial charge in [-0.1, -0.05) is 24.4 Å². The van der Waals surface area contributed by atoms with Crippen LogP contribution < -0.4 is 10.7 Å². The minimum Gasteiger partial charge on any atom is -0.450 e. The van der Waals surface area contributed by atoms with Gasteiger partial charge in [-0.05, 0) is 31.0 Å². The first-order valence-electron chi connectivity index (χ1n) is 9.25. The van der Waals surface area contributed by atoms with E-state index < -0.39 is 23.9 Å². The maximum atomic E-state index is 12.2. The van der Waals surface area contributed by atoms with Gasteiger partial charge in [-0.2, -0.15) is 5.10 Å². The van der Waals surface area contributed by atoms with Crippen LogP contribution in [0.25, 0.3) is 11.0 Å². The normalized spacial score (nSPS) is 14.2. The number of aromatic nitrogens is 2. The monoisotopic (exact) mass is 415 g/mol. The fourth-order valence-electron chi connectivity index (χ4n) is 3.46. The molecular weight excluding hydrogens is 398 g/mol. The summed E-state index contributed by atoms with van der Waals surface area (Å²) in [7, 11) is 0. The van der Waals surface area contributed by atoms with E-state index in [4.69, 9.17) is 20.8 Å². The van der Waals surface area contributed by atoms with Crippen LogP contribution in [-0.4, -0.2) is 28.3 Å². The van der Waals surface area contributed by atoms with E-state index in [1.165, 1.54) is 12.1 Å². The van der Waals surface area contributed by atoms with Crippen molar-refractivity contribution in [3.8, 4) is 0 Å². The zero-order valence-electron chi connectivity index (χ0n) is 15.4. The number of carbonyl (C=O) groups excluding carboxylic acids is 2. The third kappa shape index (κ3) is 4.17. The van der Waals surface area contributed by atoms with Crippen molar-refractivity contribution in [1.82, 2.24) is 9.78 Å². The lowest BCUT2D eigenvalue weighted by Crippen LogP contribution is -2.23. The summed E-state index contributed by atoms with van der Waals surface area (Å²) in [5.41, 5.74) is -0.218. The Morgan fingerprint density at radius 2 is 2.03 bits per heavy atom. The number of amides is 1. The lowest BCUT2D eigenvalue weighted by Gasteiger charge is -2.14. The second-order valence-corrected chi connectivity index (χ2v) is 7.28. The Labute approximate surface area is 170 Å². The minimum absolute atomic E-state index is 0.207. The van der Waals surface area contributed by atoms with Crippen molar-refractivity contribution in [3.05, 3.63) is 57.5 Å². The van der Waals surface area contributed by atoms with Crippen LogP contribution in [-0.2, 0) is 9.53 Å². The van der Waals surface area contributed by atoms with Crippen molar-refractivity contribution in [2.24, 2.45) is 0 Å². The van der Waals surface area contributed by atoms with Gasteiger partial charge in [0, 0.05) is 17.2 Å². The number of esters is 1. The molecule has 8 nitrogen and oxygen atoms in total. The average Bonchev–Trinajstić information content (AvgIpc) is 3.38. The maximum absolute atomic E-state index is 12.2. The summed E-state index contributed by atoms with van der Waals surface area (Å²) in [5, 5.41) is 7.61. The highest BCUT2D eigenvalue weighted by atomic mass is 35.5. The number of carbonyl (C=O) groups is 2. The summed E-state index contributed by atoms with van der Waals surface area (Å²) in [5.74, 6) is -1.13. The van der Waals surface area contributed by atoms with Gasteiger partial charge in [0.05, 0.1) is 17.6 Å². The van der Waals surface area contributed by atoms with E-state index in [0.29, 0.717) is 10.8 Å². The van der Waals surface area contributed by atoms with Crippen LogP contribution >= 0.6 is 11.6 Å². The molecule has 1 amide bonds. The molecular formula is C20H18ClN3O5. The van der Waals surface area contributed by atoms with Crippen LogP contribution in [0.4, 0.5) is 5.82 Å². The van der Waals surface area contributed by atoms with Gasteiger partial charge in [-0.3, -0.25) is 9.59 Å². The minimum atomic E-state index is -0.904. The Morgan fingerprint density at radius 1 is 1.24 bits per heavy atom. The van der Waals surface area contributed by atoms with Crippen molar-refractivity contribution < 1.29 is 18.7 Å². The van der Waals surface area contributed by atoms with Crippen molar-refractivity contribution in [3.63, 3.8) is 0 Å². The van der Waals surface area contributed by atoms with E-state index in [2.05, 4.69) is 10.4 Å². The number of ether oxygens (including phenoxy) is 1. The predicted molar refractivity (Wildman–Crippen MR) is 106 cm³/mol. The van der Waals surface area contributed by atoms with Gasteiger partial charge in [0.25, 0.3) is 5.91 Å².